The first-order valence-electron chi connectivity index (χ1n) is 7.01. The van der Waals surface area contributed by atoms with Gasteiger partial charge in [-0.25, -0.2) is 9.59 Å². The smallest absolute Gasteiger partial charge is 0.414 e. The molecule has 0 aliphatic heterocycles. The first kappa shape index (κ1) is 21.4. The van der Waals surface area contributed by atoms with Gasteiger partial charge >= 0.3 is 11.9 Å². The monoisotopic (exact) mass is 391 g/mol. The average Bonchev–Trinajstić information content (AvgIpc) is 2.50. The molecule has 0 aromatic heterocycles. The molecular weight excluding hydrogens is 370 g/mol. The van der Waals surface area contributed by atoms with Crippen LogP contribution < -0.4 is 10.1 Å². The van der Waals surface area contributed by atoms with E-state index in [1.807, 2.05) is 24.3 Å². The van der Waals surface area contributed by atoms with E-state index in [9.17, 15) is 0 Å². The van der Waals surface area contributed by atoms with Crippen LogP contribution in [0.2, 0.25) is 0 Å². The summed E-state index contributed by atoms with van der Waals surface area (Å²) in [6.45, 7) is 3.55. The average molecular weight is 392 g/mol. The highest BCUT2D eigenvalue weighted by atomic mass is 79.9. The van der Waals surface area contributed by atoms with Crippen molar-refractivity contribution in [2.24, 2.45) is 0 Å². The first-order chi connectivity index (χ1) is 11.0. The molecule has 0 unspecified atom stereocenters. The summed E-state index contributed by atoms with van der Waals surface area (Å²) in [5.74, 6) is -2.73. The lowest BCUT2D eigenvalue weighted by molar-refractivity contribution is -0.159. The number of methoxy groups -OCH3 is 1. The number of carboxylic acids is 2. The van der Waals surface area contributed by atoms with Gasteiger partial charge < -0.3 is 25.0 Å². The second-order valence-electron chi connectivity index (χ2n) is 4.37. The van der Waals surface area contributed by atoms with E-state index in [2.05, 4.69) is 21.2 Å². The fourth-order valence-corrected chi connectivity index (χ4v) is 1.79. The number of hydrogen-bond donors (Lipinski definition) is 3. The molecule has 0 aliphatic rings. The summed E-state index contributed by atoms with van der Waals surface area (Å²) in [4.78, 5) is 18.2. The Morgan fingerprint density at radius 1 is 1.13 bits per heavy atom. The van der Waals surface area contributed by atoms with Gasteiger partial charge in [-0.2, -0.15) is 0 Å². The van der Waals surface area contributed by atoms with E-state index in [-0.39, 0.29) is 0 Å². The second kappa shape index (κ2) is 14.0. The Labute approximate surface area is 143 Å². The molecule has 0 fully saturated rings. The van der Waals surface area contributed by atoms with Gasteiger partial charge in [0.25, 0.3) is 0 Å². The van der Waals surface area contributed by atoms with Gasteiger partial charge in [-0.15, -0.1) is 0 Å². The summed E-state index contributed by atoms with van der Waals surface area (Å²) in [5, 5.41) is 18.1. The quantitative estimate of drug-likeness (QED) is 0.436. The number of carbonyl (C=O) groups is 2. The van der Waals surface area contributed by atoms with Crippen LogP contribution >= 0.6 is 15.9 Å². The molecule has 0 heterocycles. The normalized spacial score (nSPS) is 9.65. The predicted octanol–water partition coefficient (Wildman–Crippen LogP) is 2.00. The number of ether oxygens (including phenoxy) is 2. The third kappa shape index (κ3) is 13.7. The summed E-state index contributed by atoms with van der Waals surface area (Å²) in [5.41, 5.74) is 0. The van der Waals surface area contributed by atoms with Gasteiger partial charge in [-0.1, -0.05) is 22.0 Å². The number of hydrogen-bond acceptors (Lipinski definition) is 5. The van der Waals surface area contributed by atoms with Crippen molar-refractivity contribution in [2.75, 3.05) is 33.4 Å². The Kier molecular flexibility index (Phi) is 13.0. The summed E-state index contributed by atoms with van der Waals surface area (Å²) in [6.07, 6.45) is 2.07. The molecule has 0 atom stereocenters. The molecule has 0 saturated heterocycles. The lowest BCUT2D eigenvalue weighted by Gasteiger charge is -2.07. The van der Waals surface area contributed by atoms with Crippen LogP contribution in [-0.2, 0) is 14.3 Å². The summed E-state index contributed by atoms with van der Waals surface area (Å²) < 4.78 is 11.6. The van der Waals surface area contributed by atoms with Gasteiger partial charge in [-0.05, 0) is 44.1 Å². The first-order valence-corrected chi connectivity index (χ1v) is 7.81. The molecule has 3 N–H and O–H groups in total. The molecule has 0 spiro atoms. The maximum atomic E-state index is 9.10. The third-order valence-corrected chi connectivity index (χ3v) is 2.94. The summed E-state index contributed by atoms with van der Waals surface area (Å²) in [7, 11) is 1.73. The molecule has 130 valence electrons. The van der Waals surface area contributed by atoms with Crippen molar-refractivity contribution in [2.45, 2.75) is 12.8 Å². The van der Waals surface area contributed by atoms with Crippen molar-refractivity contribution in [3.8, 4) is 5.75 Å². The second-order valence-corrected chi connectivity index (χ2v) is 5.28. The van der Waals surface area contributed by atoms with Gasteiger partial charge in [-0.3, -0.25) is 0 Å². The van der Waals surface area contributed by atoms with Crippen LogP contribution in [0.3, 0.4) is 0 Å². The molecule has 1 rings (SSSR count). The van der Waals surface area contributed by atoms with Gasteiger partial charge in [0.15, 0.2) is 0 Å². The molecule has 8 heteroatoms. The van der Waals surface area contributed by atoms with E-state index in [0.29, 0.717) is 0 Å². The highest BCUT2D eigenvalue weighted by Gasteiger charge is 2.04. The van der Waals surface area contributed by atoms with Gasteiger partial charge in [0.2, 0.25) is 0 Å². The van der Waals surface area contributed by atoms with Crippen LogP contribution in [0.5, 0.6) is 5.75 Å². The predicted molar refractivity (Wildman–Crippen MR) is 88.9 cm³/mol. The Hall–Kier alpha value is -1.64. The molecule has 0 aliphatic carbocycles. The van der Waals surface area contributed by atoms with Crippen molar-refractivity contribution in [1.82, 2.24) is 5.32 Å². The standard InChI is InChI=1S/C13H20BrNO2.C2H2O4/c1-16-9-3-7-15-8-4-10-17-13-6-2-5-12(14)11-13;3-1(4)2(5)6/h2,5-6,11,15H,3-4,7-10H2,1H3;(H,3,4)(H,5,6). The number of rotatable bonds is 9. The molecule has 0 amide bonds. The Balaban J connectivity index is 0.000000688. The van der Waals surface area contributed by atoms with E-state index in [4.69, 9.17) is 29.3 Å². The number of aliphatic carboxylic acids is 2. The number of halogens is 1. The van der Waals surface area contributed by atoms with Gasteiger partial charge in [0.1, 0.15) is 5.75 Å². The van der Waals surface area contributed by atoms with Crippen LogP contribution in [0.15, 0.2) is 28.7 Å². The van der Waals surface area contributed by atoms with Crippen molar-refractivity contribution < 1.29 is 29.3 Å². The topological polar surface area (TPSA) is 105 Å². The number of carboxylic acid groups (broad SMARTS) is 2. The van der Waals surface area contributed by atoms with Crippen molar-refractivity contribution in [1.29, 1.82) is 0 Å². The van der Waals surface area contributed by atoms with Gasteiger partial charge in [0, 0.05) is 18.2 Å². The minimum atomic E-state index is -1.82. The fourth-order valence-electron chi connectivity index (χ4n) is 1.41. The zero-order chi connectivity index (χ0) is 17.5. The van der Waals surface area contributed by atoms with Crippen LogP contribution in [0.25, 0.3) is 0 Å². The van der Waals surface area contributed by atoms with Crippen molar-refractivity contribution in [3.05, 3.63) is 28.7 Å². The van der Waals surface area contributed by atoms with E-state index in [1.165, 1.54) is 0 Å². The Morgan fingerprint density at radius 2 is 1.74 bits per heavy atom. The van der Waals surface area contributed by atoms with E-state index < -0.39 is 11.9 Å². The zero-order valence-corrected chi connectivity index (χ0v) is 14.5. The minimum Gasteiger partial charge on any atom is -0.494 e. The zero-order valence-electron chi connectivity index (χ0n) is 13.0. The summed E-state index contributed by atoms with van der Waals surface area (Å²) in [6, 6.07) is 7.91. The molecule has 1 aromatic carbocycles. The van der Waals surface area contributed by atoms with Crippen molar-refractivity contribution >= 4 is 27.9 Å². The molecule has 7 nitrogen and oxygen atoms in total. The largest absolute Gasteiger partial charge is 0.494 e. The van der Waals surface area contributed by atoms with E-state index in [1.54, 1.807) is 7.11 Å². The third-order valence-electron chi connectivity index (χ3n) is 2.45. The van der Waals surface area contributed by atoms with Crippen LogP contribution in [-0.4, -0.2) is 55.6 Å². The highest BCUT2D eigenvalue weighted by molar-refractivity contribution is 9.10. The van der Waals surface area contributed by atoms with E-state index in [0.717, 1.165) is 49.4 Å². The molecule has 0 radical (unpaired) electrons. The van der Waals surface area contributed by atoms with Crippen molar-refractivity contribution in [3.63, 3.8) is 0 Å². The Morgan fingerprint density at radius 3 is 2.26 bits per heavy atom. The van der Waals surface area contributed by atoms with Crippen LogP contribution in [0.1, 0.15) is 12.8 Å². The fraction of sp³-hybridized carbons (Fsp3) is 0.467. The van der Waals surface area contributed by atoms with E-state index >= 15 is 0 Å². The maximum Gasteiger partial charge on any atom is 0.414 e. The van der Waals surface area contributed by atoms with Crippen LogP contribution in [0, 0.1) is 0 Å². The SMILES string of the molecule is COCCCNCCCOc1cccc(Br)c1.O=C(O)C(=O)O. The lowest BCUT2D eigenvalue weighted by Crippen LogP contribution is -2.19. The number of nitrogens with one attached hydrogen (secondary N) is 1. The highest BCUT2D eigenvalue weighted by Crippen LogP contribution is 2.17. The molecule has 0 bridgehead atoms. The summed E-state index contributed by atoms with van der Waals surface area (Å²) >= 11 is 3.42. The molecule has 0 saturated carbocycles. The van der Waals surface area contributed by atoms with Crippen LogP contribution in [0.4, 0.5) is 0 Å². The Bertz CT molecular complexity index is 457. The van der Waals surface area contributed by atoms with Gasteiger partial charge in [0.05, 0.1) is 6.61 Å². The lowest BCUT2D eigenvalue weighted by atomic mass is 10.3. The number of benzene rings is 1. The molecule has 1 aromatic rings. The molecule has 23 heavy (non-hydrogen) atoms. The molecular formula is C15H22BrNO6. The minimum absolute atomic E-state index is 0.744. The maximum absolute atomic E-state index is 9.10.